The molecule has 1 aromatic heterocycles. The largest absolute Gasteiger partial charge is 0.481 e. The molecule has 7 heteroatoms. The first-order chi connectivity index (χ1) is 9.18. The van der Waals surface area contributed by atoms with Crippen LogP contribution in [-0.4, -0.2) is 28.3 Å². The summed E-state index contributed by atoms with van der Waals surface area (Å²) in [6.45, 7) is 7.62. The van der Waals surface area contributed by atoms with Crippen molar-refractivity contribution in [1.29, 1.82) is 0 Å². The highest BCUT2D eigenvalue weighted by Crippen LogP contribution is 2.21. The van der Waals surface area contributed by atoms with E-state index in [9.17, 15) is 9.59 Å². The minimum Gasteiger partial charge on any atom is -0.481 e. The highest BCUT2D eigenvalue weighted by atomic mass is 16.5. The van der Waals surface area contributed by atoms with E-state index in [2.05, 4.69) is 15.8 Å². The Kier molecular flexibility index (Phi) is 5.12. The van der Waals surface area contributed by atoms with Crippen molar-refractivity contribution in [2.24, 2.45) is 5.41 Å². The Morgan fingerprint density at radius 1 is 1.45 bits per heavy atom. The van der Waals surface area contributed by atoms with Crippen LogP contribution in [0.25, 0.3) is 0 Å². The molecular weight excluding hydrogens is 262 g/mol. The Balaban J connectivity index is 2.51. The molecule has 20 heavy (non-hydrogen) atoms. The van der Waals surface area contributed by atoms with E-state index in [1.54, 1.807) is 13.0 Å². The summed E-state index contributed by atoms with van der Waals surface area (Å²) >= 11 is 0. The number of nitrogens with zero attached hydrogens (tertiary/aromatic N) is 1. The van der Waals surface area contributed by atoms with E-state index in [1.807, 2.05) is 20.8 Å². The fourth-order valence-corrected chi connectivity index (χ4v) is 1.62. The van der Waals surface area contributed by atoms with Crippen molar-refractivity contribution in [3.8, 4) is 0 Å². The molecule has 0 spiro atoms. The first-order valence-electron chi connectivity index (χ1n) is 6.37. The minimum atomic E-state index is -0.948. The fourth-order valence-electron chi connectivity index (χ4n) is 1.62. The lowest BCUT2D eigenvalue weighted by molar-refractivity contribution is -0.138. The molecule has 2 amide bonds. The van der Waals surface area contributed by atoms with Crippen molar-refractivity contribution in [3.63, 3.8) is 0 Å². The average molecular weight is 283 g/mol. The number of aliphatic carboxylic acids is 1. The van der Waals surface area contributed by atoms with E-state index in [0.717, 1.165) is 5.69 Å². The lowest BCUT2D eigenvalue weighted by Crippen LogP contribution is -2.48. The summed E-state index contributed by atoms with van der Waals surface area (Å²) in [6, 6.07) is 0.829. The normalized spacial score (nSPS) is 12.8. The third kappa shape index (κ3) is 5.29. The van der Waals surface area contributed by atoms with E-state index in [-0.39, 0.29) is 18.4 Å². The summed E-state index contributed by atoms with van der Waals surface area (Å²) in [5, 5.41) is 17.9. The second kappa shape index (κ2) is 6.40. The molecule has 0 bridgehead atoms. The van der Waals surface area contributed by atoms with Crippen LogP contribution in [0.5, 0.6) is 0 Å². The Morgan fingerprint density at radius 3 is 2.55 bits per heavy atom. The number of carboxylic acids is 1. The first kappa shape index (κ1) is 16.0. The summed E-state index contributed by atoms with van der Waals surface area (Å²) in [5.41, 5.74) is 0.388. The number of nitrogens with one attached hydrogen (secondary N) is 2. The SMILES string of the molecule is Cc1cc(CNC(=O)NC(CC(=O)O)C(C)(C)C)on1. The zero-order chi connectivity index (χ0) is 15.3. The third-order valence-electron chi connectivity index (χ3n) is 2.83. The van der Waals surface area contributed by atoms with Crippen LogP contribution in [0.2, 0.25) is 0 Å². The second-order valence-electron chi connectivity index (χ2n) is 5.78. The van der Waals surface area contributed by atoms with Crippen molar-refractivity contribution in [3.05, 3.63) is 17.5 Å². The van der Waals surface area contributed by atoms with Gasteiger partial charge in [0.15, 0.2) is 5.76 Å². The van der Waals surface area contributed by atoms with Crippen LogP contribution >= 0.6 is 0 Å². The number of hydrogen-bond acceptors (Lipinski definition) is 4. The van der Waals surface area contributed by atoms with Crippen LogP contribution in [-0.2, 0) is 11.3 Å². The molecule has 7 nitrogen and oxygen atoms in total. The van der Waals surface area contributed by atoms with Gasteiger partial charge in [0.05, 0.1) is 18.7 Å². The van der Waals surface area contributed by atoms with Gasteiger partial charge in [-0.2, -0.15) is 0 Å². The van der Waals surface area contributed by atoms with Gasteiger partial charge in [-0.1, -0.05) is 25.9 Å². The quantitative estimate of drug-likeness (QED) is 0.762. The van der Waals surface area contributed by atoms with Gasteiger partial charge in [-0.3, -0.25) is 4.79 Å². The van der Waals surface area contributed by atoms with Crippen molar-refractivity contribution in [2.75, 3.05) is 0 Å². The zero-order valence-electron chi connectivity index (χ0n) is 12.2. The van der Waals surface area contributed by atoms with Gasteiger partial charge >= 0.3 is 12.0 Å². The number of carbonyl (C=O) groups excluding carboxylic acids is 1. The molecule has 1 unspecified atom stereocenters. The van der Waals surface area contributed by atoms with Gasteiger partial charge < -0.3 is 20.3 Å². The predicted octanol–water partition coefficient (Wildman–Crippen LogP) is 1.67. The molecule has 0 aliphatic carbocycles. The zero-order valence-corrected chi connectivity index (χ0v) is 12.2. The standard InChI is InChI=1S/C13H21N3O4/c1-8-5-9(20-16-8)7-14-12(19)15-10(6-11(17)18)13(2,3)4/h5,10H,6-7H2,1-4H3,(H,17,18)(H2,14,15,19). The van der Waals surface area contributed by atoms with Gasteiger partial charge in [0.25, 0.3) is 0 Å². The summed E-state index contributed by atoms with van der Waals surface area (Å²) in [7, 11) is 0. The summed E-state index contributed by atoms with van der Waals surface area (Å²) in [6.07, 6.45) is -0.127. The molecule has 3 N–H and O–H groups in total. The highest BCUT2D eigenvalue weighted by Gasteiger charge is 2.28. The number of rotatable bonds is 5. The van der Waals surface area contributed by atoms with Crippen LogP contribution in [0, 0.1) is 12.3 Å². The molecule has 1 heterocycles. The molecule has 0 saturated heterocycles. The van der Waals surface area contributed by atoms with Crippen molar-refractivity contribution in [1.82, 2.24) is 15.8 Å². The minimum absolute atomic E-state index is 0.127. The predicted molar refractivity (Wildman–Crippen MR) is 72.1 cm³/mol. The maximum Gasteiger partial charge on any atom is 0.315 e. The van der Waals surface area contributed by atoms with Crippen molar-refractivity contribution < 1.29 is 19.2 Å². The average Bonchev–Trinajstić information content (AvgIpc) is 2.70. The molecule has 1 aromatic rings. The number of aryl methyl sites for hydroxylation is 1. The molecule has 1 atom stereocenters. The Bertz CT molecular complexity index is 476. The van der Waals surface area contributed by atoms with Crippen LogP contribution in [0.3, 0.4) is 0 Å². The molecule has 0 fully saturated rings. The number of amides is 2. The molecule has 0 aromatic carbocycles. The number of carboxylic acid groups (broad SMARTS) is 1. The fraction of sp³-hybridized carbons (Fsp3) is 0.615. The van der Waals surface area contributed by atoms with Crippen molar-refractivity contribution in [2.45, 2.75) is 46.7 Å². The van der Waals surface area contributed by atoms with E-state index >= 15 is 0 Å². The summed E-state index contributed by atoms with van der Waals surface area (Å²) < 4.78 is 4.96. The maximum atomic E-state index is 11.8. The number of urea groups is 1. The highest BCUT2D eigenvalue weighted by molar-refractivity contribution is 5.75. The Hall–Kier alpha value is -2.05. The molecule has 0 radical (unpaired) electrons. The lowest BCUT2D eigenvalue weighted by atomic mass is 9.85. The number of hydrogen-bond donors (Lipinski definition) is 3. The van der Waals surface area contributed by atoms with Gasteiger partial charge in [0.2, 0.25) is 0 Å². The Labute approximate surface area is 117 Å². The first-order valence-corrected chi connectivity index (χ1v) is 6.37. The lowest BCUT2D eigenvalue weighted by Gasteiger charge is -2.30. The molecule has 0 saturated carbocycles. The third-order valence-corrected chi connectivity index (χ3v) is 2.83. The van der Waals surface area contributed by atoms with E-state index < -0.39 is 18.0 Å². The summed E-state index contributed by atoms with van der Waals surface area (Å²) in [5.74, 6) is -0.403. The van der Waals surface area contributed by atoms with Gasteiger partial charge in [-0.05, 0) is 12.3 Å². The monoisotopic (exact) mass is 283 g/mol. The maximum absolute atomic E-state index is 11.8. The van der Waals surface area contributed by atoms with E-state index in [1.165, 1.54) is 0 Å². The molecular formula is C13H21N3O4. The van der Waals surface area contributed by atoms with Crippen LogP contribution < -0.4 is 10.6 Å². The van der Waals surface area contributed by atoms with Gasteiger partial charge in [0.1, 0.15) is 0 Å². The van der Waals surface area contributed by atoms with Gasteiger partial charge in [0, 0.05) is 12.1 Å². The van der Waals surface area contributed by atoms with Gasteiger partial charge in [-0.15, -0.1) is 0 Å². The van der Waals surface area contributed by atoms with Crippen LogP contribution in [0.4, 0.5) is 4.79 Å². The van der Waals surface area contributed by atoms with Crippen LogP contribution in [0.1, 0.15) is 38.6 Å². The topological polar surface area (TPSA) is 104 Å². The summed E-state index contributed by atoms with van der Waals surface area (Å²) in [4.78, 5) is 22.6. The molecule has 0 aliphatic heterocycles. The number of carbonyl (C=O) groups is 2. The van der Waals surface area contributed by atoms with Crippen LogP contribution in [0.15, 0.2) is 10.6 Å². The number of aromatic nitrogens is 1. The molecule has 0 aliphatic rings. The second-order valence-corrected chi connectivity index (χ2v) is 5.78. The van der Waals surface area contributed by atoms with E-state index in [4.69, 9.17) is 9.63 Å². The van der Waals surface area contributed by atoms with E-state index in [0.29, 0.717) is 5.76 Å². The smallest absolute Gasteiger partial charge is 0.315 e. The van der Waals surface area contributed by atoms with Gasteiger partial charge in [-0.25, -0.2) is 4.79 Å². The Morgan fingerprint density at radius 2 is 2.10 bits per heavy atom. The van der Waals surface area contributed by atoms with Crippen molar-refractivity contribution >= 4 is 12.0 Å². The molecule has 112 valence electrons. The molecule has 1 rings (SSSR count).